The first-order chi connectivity index (χ1) is 14.2. The fourth-order valence-corrected chi connectivity index (χ4v) is 4.75. The first-order valence-corrected chi connectivity index (χ1v) is 10.8. The van der Waals surface area contributed by atoms with Gasteiger partial charge in [-0.2, -0.15) is 9.59 Å². The second-order valence-electron chi connectivity index (χ2n) is 7.68. The predicted molar refractivity (Wildman–Crippen MR) is 116 cm³/mol. The maximum atomic E-state index is 8.12. The molecule has 0 amide bonds. The normalized spacial score (nSPS) is 15.9. The molecule has 0 aliphatic heterocycles. The van der Waals surface area contributed by atoms with Crippen molar-refractivity contribution in [2.75, 3.05) is 12.5 Å². The van der Waals surface area contributed by atoms with Crippen LogP contribution in [0.2, 0.25) is 0 Å². The highest BCUT2D eigenvalue weighted by Gasteiger charge is 2.30. The van der Waals surface area contributed by atoms with Gasteiger partial charge in [0.1, 0.15) is 12.4 Å². The molecule has 3 nitrogen and oxygen atoms in total. The molecular formula is C25H27ClO3. The minimum absolute atomic E-state index is 0.250. The van der Waals surface area contributed by atoms with E-state index in [9.17, 15) is 0 Å². The largest absolute Gasteiger partial charge is 0.492 e. The summed E-state index contributed by atoms with van der Waals surface area (Å²) in [6.45, 7) is 2.74. The number of halogens is 1. The summed E-state index contributed by atoms with van der Waals surface area (Å²) in [4.78, 5) is 16.2. The summed E-state index contributed by atoms with van der Waals surface area (Å²) in [5.74, 6) is 2.17. The molecule has 0 heterocycles. The summed E-state index contributed by atoms with van der Waals surface area (Å²) < 4.78 is 5.99. The van der Waals surface area contributed by atoms with Crippen molar-refractivity contribution in [1.82, 2.24) is 0 Å². The van der Waals surface area contributed by atoms with Gasteiger partial charge >= 0.3 is 6.15 Å². The lowest BCUT2D eigenvalue weighted by Gasteiger charge is -2.26. The maximum absolute atomic E-state index is 8.12. The van der Waals surface area contributed by atoms with Gasteiger partial charge in [0.15, 0.2) is 0 Å². The van der Waals surface area contributed by atoms with Gasteiger partial charge in [-0.15, -0.1) is 11.6 Å². The number of hydrogen-bond donors (Lipinski definition) is 0. The first kappa shape index (κ1) is 21.4. The van der Waals surface area contributed by atoms with Crippen molar-refractivity contribution in [1.29, 1.82) is 0 Å². The third-order valence-electron chi connectivity index (χ3n) is 5.80. The Morgan fingerprint density at radius 2 is 1.76 bits per heavy atom. The summed E-state index contributed by atoms with van der Waals surface area (Å²) >= 11 is 5.87. The van der Waals surface area contributed by atoms with E-state index < -0.39 is 0 Å². The van der Waals surface area contributed by atoms with E-state index in [4.69, 9.17) is 25.9 Å². The van der Waals surface area contributed by atoms with Crippen molar-refractivity contribution in [3.63, 3.8) is 0 Å². The number of fused-ring (bicyclic) bond motifs is 1. The highest BCUT2D eigenvalue weighted by atomic mass is 35.5. The molecule has 0 spiro atoms. The molecule has 0 saturated heterocycles. The van der Waals surface area contributed by atoms with Crippen LogP contribution >= 0.6 is 11.6 Å². The Kier molecular flexibility index (Phi) is 7.69. The molecule has 2 aliphatic rings. The van der Waals surface area contributed by atoms with Crippen LogP contribution in [0.1, 0.15) is 54.4 Å². The Morgan fingerprint density at radius 1 is 1.03 bits per heavy atom. The number of alkyl halides is 1. The van der Waals surface area contributed by atoms with Gasteiger partial charge in [-0.1, -0.05) is 61.2 Å². The smallest absolute Gasteiger partial charge is 0.373 e. The van der Waals surface area contributed by atoms with E-state index >= 15 is 0 Å². The Bertz CT molecular complexity index is 904. The molecule has 0 bridgehead atoms. The lowest BCUT2D eigenvalue weighted by atomic mass is 9.79. The van der Waals surface area contributed by atoms with Gasteiger partial charge < -0.3 is 4.74 Å². The monoisotopic (exact) mass is 410 g/mol. The minimum Gasteiger partial charge on any atom is -0.492 e. The van der Waals surface area contributed by atoms with Gasteiger partial charge in [-0.05, 0) is 60.4 Å². The van der Waals surface area contributed by atoms with Crippen LogP contribution < -0.4 is 4.74 Å². The van der Waals surface area contributed by atoms with Gasteiger partial charge in [0, 0.05) is 5.56 Å². The summed E-state index contributed by atoms with van der Waals surface area (Å²) in [5, 5.41) is 0. The Morgan fingerprint density at radius 3 is 2.48 bits per heavy atom. The van der Waals surface area contributed by atoms with Gasteiger partial charge in [0.05, 0.1) is 5.88 Å². The predicted octanol–water partition coefficient (Wildman–Crippen LogP) is 6.08. The van der Waals surface area contributed by atoms with Crippen LogP contribution in [0.5, 0.6) is 5.75 Å². The number of rotatable bonds is 5. The van der Waals surface area contributed by atoms with Gasteiger partial charge in [0.2, 0.25) is 0 Å². The number of hydrogen-bond acceptors (Lipinski definition) is 3. The van der Waals surface area contributed by atoms with Crippen molar-refractivity contribution >= 4 is 28.9 Å². The molecule has 1 fully saturated rings. The summed E-state index contributed by atoms with van der Waals surface area (Å²) in [6, 6.07) is 15.5. The molecule has 152 valence electrons. The summed E-state index contributed by atoms with van der Waals surface area (Å²) in [5.41, 5.74) is 8.62. The molecule has 4 heteroatoms. The van der Waals surface area contributed by atoms with E-state index in [0.29, 0.717) is 18.4 Å². The van der Waals surface area contributed by atoms with Gasteiger partial charge in [0.25, 0.3) is 0 Å². The molecular weight excluding hydrogens is 384 g/mol. The molecule has 2 aliphatic carbocycles. The van der Waals surface area contributed by atoms with Crippen LogP contribution in [0, 0.1) is 12.8 Å². The van der Waals surface area contributed by atoms with E-state index in [1.807, 2.05) is 0 Å². The molecule has 2 aromatic carbocycles. The second kappa shape index (κ2) is 10.4. The standard InChI is InChI=1S/C24H27ClO.CO2/c1-17-11-12-20-19(15-17)16-22(24(20)18-7-3-2-4-8-18)21-9-5-6-10-23(21)26-14-13-25;2-1-3/h5-6,9-12,15,18H,2-4,7-8,13-14,16H2,1H3;. The van der Waals surface area contributed by atoms with Crippen LogP contribution in [-0.2, 0) is 16.0 Å². The molecule has 1 saturated carbocycles. The number of ether oxygens (including phenoxy) is 1. The molecule has 0 aromatic heterocycles. The molecule has 0 atom stereocenters. The van der Waals surface area contributed by atoms with E-state index in [-0.39, 0.29) is 6.15 Å². The quantitative estimate of drug-likeness (QED) is 0.561. The minimum atomic E-state index is 0.250. The zero-order valence-electron chi connectivity index (χ0n) is 16.9. The number of para-hydroxylation sites is 1. The lowest BCUT2D eigenvalue weighted by Crippen LogP contribution is -2.09. The van der Waals surface area contributed by atoms with E-state index in [2.05, 4.69) is 49.4 Å². The fourth-order valence-electron chi connectivity index (χ4n) is 4.67. The molecule has 29 heavy (non-hydrogen) atoms. The summed E-state index contributed by atoms with van der Waals surface area (Å²) in [7, 11) is 0. The molecule has 0 radical (unpaired) electrons. The van der Waals surface area contributed by atoms with Gasteiger partial charge in [-0.3, -0.25) is 0 Å². The zero-order chi connectivity index (χ0) is 20.6. The van der Waals surface area contributed by atoms with Crippen LogP contribution in [-0.4, -0.2) is 18.6 Å². The molecule has 0 N–H and O–H groups in total. The maximum Gasteiger partial charge on any atom is 0.373 e. The van der Waals surface area contributed by atoms with E-state index in [1.54, 1.807) is 5.57 Å². The van der Waals surface area contributed by atoms with Crippen molar-refractivity contribution in [3.05, 3.63) is 64.7 Å². The number of aryl methyl sites for hydroxylation is 1. The second-order valence-corrected chi connectivity index (χ2v) is 8.06. The zero-order valence-corrected chi connectivity index (χ0v) is 17.6. The van der Waals surface area contributed by atoms with Crippen molar-refractivity contribution in [2.24, 2.45) is 5.92 Å². The number of benzene rings is 2. The Labute approximate surface area is 177 Å². The third kappa shape index (κ3) is 4.98. The van der Waals surface area contributed by atoms with Crippen molar-refractivity contribution < 1.29 is 14.3 Å². The molecule has 0 unspecified atom stereocenters. The average Bonchev–Trinajstić information content (AvgIpc) is 3.12. The van der Waals surface area contributed by atoms with Crippen molar-refractivity contribution in [3.8, 4) is 5.75 Å². The Balaban J connectivity index is 0.000000755. The topological polar surface area (TPSA) is 43.4 Å². The summed E-state index contributed by atoms with van der Waals surface area (Å²) in [6.07, 6.45) is 7.99. The number of carbonyl (C=O) groups excluding carboxylic acids is 2. The molecule has 4 rings (SSSR count). The fraction of sp³-hybridized carbons (Fsp3) is 0.400. The average molecular weight is 411 g/mol. The first-order valence-electron chi connectivity index (χ1n) is 10.3. The van der Waals surface area contributed by atoms with Crippen LogP contribution in [0.4, 0.5) is 0 Å². The van der Waals surface area contributed by atoms with E-state index in [1.165, 1.54) is 59.9 Å². The lowest BCUT2D eigenvalue weighted by molar-refractivity contribution is -0.191. The molecule has 2 aromatic rings. The van der Waals surface area contributed by atoms with Crippen LogP contribution in [0.3, 0.4) is 0 Å². The Hall–Kier alpha value is -2.35. The van der Waals surface area contributed by atoms with Crippen molar-refractivity contribution in [2.45, 2.75) is 45.4 Å². The van der Waals surface area contributed by atoms with Crippen LogP contribution in [0.15, 0.2) is 42.5 Å². The highest BCUT2D eigenvalue weighted by molar-refractivity contribution is 6.18. The van der Waals surface area contributed by atoms with E-state index in [0.717, 1.165) is 12.2 Å². The number of allylic oxidation sites excluding steroid dienone is 2. The van der Waals surface area contributed by atoms with Gasteiger partial charge in [-0.25, -0.2) is 0 Å². The van der Waals surface area contributed by atoms with Crippen LogP contribution in [0.25, 0.3) is 11.1 Å². The highest BCUT2D eigenvalue weighted by Crippen LogP contribution is 2.48. The SMILES string of the molecule is Cc1ccc2c(c1)CC(c1ccccc1OCCCl)=C2C1CCCCC1.O=C=O. The third-order valence-corrected chi connectivity index (χ3v) is 5.96.